The van der Waals surface area contributed by atoms with Crippen LogP contribution < -0.4 is 10.5 Å². The Morgan fingerprint density at radius 1 is 0.952 bits per heavy atom. The van der Waals surface area contributed by atoms with Crippen LogP contribution in [-0.2, 0) is 0 Å². The fraction of sp³-hybridized carbons (Fsp3) is 0. The van der Waals surface area contributed by atoms with E-state index in [2.05, 4.69) is 0 Å². The minimum absolute atomic E-state index is 0.107. The van der Waals surface area contributed by atoms with Crippen LogP contribution in [0.25, 0.3) is 10.8 Å². The van der Waals surface area contributed by atoms with Gasteiger partial charge in [0.15, 0.2) is 11.6 Å². The highest BCUT2D eigenvalue weighted by molar-refractivity contribution is 5.95. The minimum Gasteiger partial charge on any atom is -0.454 e. The van der Waals surface area contributed by atoms with Crippen LogP contribution in [0.2, 0.25) is 0 Å². The maximum Gasteiger partial charge on any atom is 0.166 e. The molecule has 3 aromatic rings. The van der Waals surface area contributed by atoms with E-state index in [1.807, 2.05) is 36.4 Å². The smallest absolute Gasteiger partial charge is 0.166 e. The lowest BCUT2D eigenvalue weighted by Crippen LogP contribution is -2.11. The standard InChI is InChI=1S/C17H13FN2O/c18-15-10-13(17(19)20)6-8-16(15)21-14-7-5-11-3-1-2-4-12(11)9-14/h1-10H,(H3,19,20). The molecule has 0 aliphatic rings. The Morgan fingerprint density at radius 3 is 2.43 bits per heavy atom. The summed E-state index contributed by atoms with van der Waals surface area (Å²) < 4.78 is 19.5. The molecule has 0 saturated carbocycles. The number of hydrogen-bond donors (Lipinski definition) is 2. The molecule has 0 fully saturated rings. The molecule has 3 aromatic carbocycles. The molecule has 0 aliphatic heterocycles. The molecule has 0 aromatic heterocycles. The quantitative estimate of drug-likeness (QED) is 0.561. The second-order valence-corrected chi connectivity index (χ2v) is 4.67. The van der Waals surface area contributed by atoms with Gasteiger partial charge in [-0.1, -0.05) is 30.3 Å². The van der Waals surface area contributed by atoms with Gasteiger partial charge in [0.2, 0.25) is 0 Å². The van der Waals surface area contributed by atoms with E-state index in [0.717, 1.165) is 10.8 Å². The van der Waals surface area contributed by atoms with E-state index in [9.17, 15) is 4.39 Å². The molecule has 3 N–H and O–H groups in total. The number of hydrogen-bond acceptors (Lipinski definition) is 2. The van der Waals surface area contributed by atoms with Crippen LogP contribution in [0, 0.1) is 11.2 Å². The number of nitrogen functional groups attached to an aromatic ring is 1. The zero-order valence-electron chi connectivity index (χ0n) is 11.1. The van der Waals surface area contributed by atoms with E-state index in [1.54, 1.807) is 12.1 Å². The zero-order valence-corrected chi connectivity index (χ0v) is 11.1. The van der Waals surface area contributed by atoms with Crippen molar-refractivity contribution in [1.29, 1.82) is 5.41 Å². The van der Waals surface area contributed by atoms with Gasteiger partial charge in [0.25, 0.3) is 0 Å². The average Bonchev–Trinajstić information content (AvgIpc) is 2.49. The third kappa shape index (κ3) is 2.69. The van der Waals surface area contributed by atoms with Gasteiger partial charge in [-0.15, -0.1) is 0 Å². The van der Waals surface area contributed by atoms with Gasteiger partial charge < -0.3 is 10.5 Å². The highest BCUT2D eigenvalue weighted by atomic mass is 19.1. The summed E-state index contributed by atoms with van der Waals surface area (Å²) in [7, 11) is 0. The first-order chi connectivity index (χ1) is 10.1. The van der Waals surface area contributed by atoms with E-state index < -0.39 is 5.82 Å². The van der Waals surface area contributed by atoms with Gasteiger partial charge in [-0.3, -0.25) is 5.41 Å². The molecule has 0 spiro atoms. The number of halogens is 1. The van der Waals surface area contributed by atoms with Crippen molar-refractivity contribution < 1.29 is 9.13 Å². The first kappa shape index (κ1) is 13.1. The summed E-state index contributed by atoms with van der Waals surface area (Å²) in [6.07, 6.45) is 0. The van der Waals surface area contributed by atoms with Crippen LogP contribution in [0.1, 0.15) is 5.56 Å². The van der Waals surface area contributed by atoms with Crippen molar-refractivity contribution in [2.75, 3.05) is 0 Å². The van der Waals surface area contributed by atoms with Gasteiger partial charge in [-0.05, 0) is 41.1 Å². The SMILES string of the molecule is N=C(N)c1ccc(Oc2ccc3ccccc3c2)c(F)c1. The predicted molar refractivity (Wildman–Crippen MR) is 81.4 cm³/mol. The molecule has 0 heterocycles. The molecule has 4 heteroatoms. The van der Waals surface area contributed by atoms with Crippen molar-refractivity contribution in [3.05, 3.63) is 72.0 Å². The Morgan fingerprint density at radius 2 is 1.71 bits per heavy atom. The average molecular weight is 280 g/mol. The van der Waals surface area contributed by atoms with Crippen molar-refractivity contribution in [2.24, 2.45) is 5.73 Å². The van der Waals surface area contributed by atoms with Crippen LogP contribution in [0.15, 0.2) is 60.7 Å². The number of nitrogens with one attached hydrogen (secondary N) is 1. The molecule has 0 bridgehead atoms. The van der Waals surface area contributed by atoms with Crippen LogP contribution in [-0.4, -0.2) is 5.84 Å². The summed E-state index contributed by atoms with van der Waals surface area (Å²) >= 11 is 0. The maximum absolute atomic E-state index is 13.9. The monoisotopic (exact) mass is 280 g/mol. The predicted octanol–water partition coefficient (Wildman–Crippen LogP) is 4.06. The highest BCUT2D eigenvalue weighted by Gasteiger charge is 2.08. The van der Waals surface area contributed by atoms with Gasteiger partial charge in [-0.25, -0.2) is 4.39 Å². The number of fused-ring (bicyclic) bond motifs is 1. The highest BCUT2D eigenvalue weighted by Crippen LogP contribution is 2.27. The Balaban J connectivity index is 1.93. The second kappa shape index (κ2) is 5.25. The lowest BCUT2D eigenvalue weighted by molar-refractivity contribution is 0.443. The third-order valence-electron chi connectivity index (χ3n) is 3.19. The lowest BCUT2D eigenvalue weighted by Gasteiger charge is -2.09. The molecule has 0 aliphatic carbocycles. The minimum atomic E-state index is -0.546. The van der Waals surface area contributed by atoms with E-state index in [1.165, 1.54) is 12.1 Å². The second-order valence-electron chi connectivity index (χ2n) is 4.67. The topological polar surface area (TPSA) is 59.1 Å². The third-order valence-corrected chi connectivity index (χ3v) is 3.19. The van der Waals surface area contributed by atoms with Gasteiger partial charge in [0, 0.05) is 5.56 Å². The first-order valence-corrected chi connectivity index (χ1v) is 6.44. The van der Waals surface area contributed by atoms with E-state index in [0.29, 0.717) is 11.3 Å². The van der Waals surface area contributed by atoms with Crippen molar-refractivity contribution in [3.63, 3.8) is 0 Å². The van der Waals surface area contributed by atoms with Crippen molar-refractivity contribution >= 4 is 16.6 Å². The molecular formula is C17H13FN2O. The molecular weight excluding hydrogens is 267 g/mol. The fourth-order valence-corrected chi connectivity index (χ4v) is 2.11. The number of benzene rings is 3. The van der Waals surface area contributed by atoms with E-state index in [4.69, 9.17) is 15.9 Å². The van der Waals surface area contributed by atoms with Gasteiger partial charge in [0.1, 0.15) is 11.6 Å². The summed E-state index contributed by atoms with van der Waals surface area (Å²) in [6.45, 7) is 0. The van der Waals surface area contributed by atoms with Gasteiger partial charge in [-0.2, -0.15) is 0 Å². The molecule has 0 unspecified atom stereocenters. The summed E-state index contributed by atoms with van der Waals surface area (Å²) in [5.41, 5.74) is 5.66. The summed E-state index contributed by atoms with van der Waals surface area (Å²) in [4.78, 5) is 0. The van der Waals surface area contributed by atoms with Gasteiger partial charge >= 0.3 is 0 Å². The van der Waals surface area contributed by atoms with E-state index in [-0.39, 0.29) is 11.6 Å². The molecule has 21 heavy (non-hydrogen) atoms. The van der Waals surface area contributed by atoms with Gasteiger partial charge in [0.05, 0.1) is 0 Å². The number of amidine groups is 1. The van der Waals surface area contributed by atoms with Crippen molar-refractivity contribution in [2.45, 2.75) is 0 Å². The van der Waals surface area contributed by atoms with Crippen LogP contribution in [0.4, 0.5) is 4.39 Å². The van der Waals surface area contributed by atoms with Crippen molar-refractivity contribution in [3.8, 4) is 11.5 Å². The Bertz CT molecular complexity index is 830. The van der Waals surface area contributed by atoms with E-state index >= 15 is 0 Å². The molecule has 0 saturated heterocycles. The number of ether oxygens (including phenoxy) is 1. The Kier molecular flexibility index (Phi) is 3.28. The molecule has 104 valence electrons. The molecule has 3 nitrogen and oxygen atoms in total. The number of rotatable bonds is 3. The largest absolute Gasteiger partial charge is 0.454 e. The molecule has 3 rings (SSSR count). The summed E-state index contributed by atoms with van der Waals surface area (Å²) in [5.74, 6) is -0.0551. The summed E-state index contributed by atoms with van der Waals surface area (Å²) in [5, 5.41) is 9.40. The normalized spacial score (nSPS) is 10.5. The fourth-order valence-electron chi connectivity index (χ4n) is 2.11. The number of nitrogens with two attached hydrogens (primary N) is 1. The van der Waals surface area contributed by atoms with Crippen LogP contribution in [0.5, 0.6) is 11.5 Å². The summed E-state index contributed by atoms with van der Waals surface area (Å²) in [6, 6.07) is 17.7. The lowest BCUT2D eigenvalue weighted by atomic mass is 10.1. The molecule has 0 atom stereocenters. The van der Waals surface area contributed by atoms with Crippen LogP contribution in [0.3, 0.4) is 0 Å². The molecule has 0 radical (unpaired) electrons. The molecule has 0 amide bonds. The Hall–Kier alpha value is -2.88. The Labute approximate surface area is 121 Å². The first-order valence-electron chi connectivity index (χ1n) is 6.44. The van der Waals surface area contributed by atoms with Crippen LogP contribution >= 0.6 is 0 Å². The zero-order chi connectivity index (χ0) is 14.8. The van der Waals surface area contributed by atoms with Crippen molar-refractivity contribution in [1.82, 2.24) is 0 Å². The maximum atomic E-state index is 13.9.